The summed E-state index contributed by atoms with van der Waals surface area (Å²) in [6.45, 7) is 5.90. The third-order valence-corrected chi connectivity index (χ3v) is 3.93. The van der Waals surface area contributed by atoms with E-state index >= 15 is 0 Å². The van der Waals surface area contributed by atoms with Crippen molar-refractivity contribution in [3.05, 3.63) is 27.9 Å². The van der Waals surface area contributed by atoms with Gasteiger partial charge in [0.25, 0.3) is 11.3 Å². The Hall–Kier alpha value is -1.69. The highest BCUT2D eigenvalue weighted by atomic mass is 16.1. The third kappa shape index (κ3) is 1.96. The predicted molar refractivity (Wildman–Crippen MR) is 72.4 cm³/mol. The SMILES string of the molecule is CCCC1(c2nc3nc(C)cc(=O)n3[nH]2)CCNC1. The fourth-order valence-corrected chi connectivity index (χ4v) is 2.99. The van der Waals surface area contributed by atoms with Crippen LogP contribution in [0.15, 0.2) is 10.9 Å². The molecule has 6 nitrogen and oxygen atoms in total. The van der Waals surface area contributed by atoms with Crippen LogP contribution in [0.5, 0.6) is 0 Å². The Labute approximate surface area is 111 Å². The number of nitrogens with one attached hydrogen (secondary N) is 2. The number of fused-ring (bicyclic) bond motifs is 1. The first-order valence-electron chi connectivity index (χ1n) is 6.82. The molecule has 1 aliphatic heterocycles. The Morgan fingerprint density at radius 2 is 2.32 bits per heavy atom. The second kappa shape index (κ2) is 4.45. The number of hydrogen-bond acceptors (Lipinski definition) is 4. The summed E-state index contributed by atoms with van der Waals surface area (Å²) >= 11 is 0. The monoisotopic (exact) mass is 261 g/mol. The van der Waals surface area contributed by atoms with Crippen LogP contribution in [0, 0.1) is 6.92 Å². The topological polar surface area (TPSA) is 75.1 Å². The van der Waals surface area contributed by atoms with Crippen LogP contribution >= 0.6 is 0 Å². The Bertz CT molecular complexity index is 651. The summed E-state index contributed by atoms with van der Waals surface area (Å²) in [6, 6.07) is 1.52. The molecule has 6 heteroatoms. The maximum absolute atomic E-state index is 11.9. The van der Waals surface area contributed by atoms with E-state index in [1.54, 1.807) is 0 Å². The van der Waals surface area contributed by atoms with Gasteiger partial charge in [-0.05, 0) is 26.3 Å². The number of hydrogen-bond donors (Lipinski definition) is 2. The van der Waals surface area contributed by atoms with E-state index in [0.29, 0.717) is 11.5 Å². The molecule has 1 fully saturated rings. The highest BCUT2D eigenvalue weighted by Gasteiger charge is 2.38. The van der Waals surface area contributed by atoms with Crippen molar-refractivity contribution in [3.8, 4) is 0 Å². The zero-order valence-corrected chi connectivity index (χ0v) is 11.4. The van der Waals surface area contributed by atoms with Crippen molar-refractivity contribution in [1.29, 1.82) is 0 Å². The van der Waals surface area contributed by atoms with Crippen LogP contribution in [0.3, 0.4) is 0 Å². The van der Waals surface area contributed by atoms with Crippen molar-refractivity contribution in [2.45, 2.75) is 38.5 Å². The van der Waals surface area contributed by atoms with Gasteiger partial charge in [0.1, 0.15) is 5.82 Å². The molecule has 102 valence electrons. The van der Waals surface area contributed by atoms with Gasteiger partial charge >= 0.3 is 0 Å². The summed E-state index contributed by atoms with van der Waals surface area (Å²) in [5.74, 6) is 1.36. The minimum absolute atomic E-state index is 0.0167. The first kappa shape index (κ1) is 12.3. The lowest BCUT2D eigenvalue weighted by molar-refractivity contribution is 0.402. The quantitative estimate of drug-likeness (QED) is 0.855. The maximum atomic E-state index is 11.9. The van der Waals surface area contributed by atoms with Crippen molar-refractivity contribution in [1.82, 2.24) is 24.9 Å². The van der Waals surface area contributed by atoms with E-state index in [0.717, 1.165) is 38.2 Å². The van der Waals surface area contributed by atoms with Gasteiger partial charge in [0.05, 0.1) is 0 Å². The molecule has 0 spiro atoms. The lowest BCUT2D eigenvalue weighted by Gasteiger charge is -2.24. The second-order valence-corrected chi connectivity index (χ2v) is 5.40. The van der Waals surface area contributed by atoms with E-state index < -0.39 is 0 Å². The van der Waals surface area contributed by atoms with E-state index in [-0.39, 0.29) is 11.0 Å². The Balaban J connectivity index is 2.14. The highest BCUT2D eigenvalue weighted by molar-refractivity contribution is 5.30. The zero-order valence-electron chi connectivity index (χ0n) is 11.4. The summed E-state index contributed by atoms with van der Waals surface area (Å²) in [5, 5.41) is 6.55. The van der Waals surface area contributed by atoms with Crippen LogP contribution in [0.1, 0.15) is 37.7 Å². The van der Waals surface area contributed by atoms with E-state index in [2.05, 4.69) is 27.3 Å². The van der Waals surface area contributed by atoms with Crippen LogP contribution in [0.25, 0.3) is 5.78 Å². The van der Waals surface area contributed by atoms with Gasteiger partial charge in [-0.1, -0.05) is 13.3 Å². The van der Waals surface area contributed by atoms with Crippen LogP contribution in [0.4, 0.5) is 0 Å². The van der Waals surface area contributed by atoms with Gasteiger partial charge in [0.2, 0.25) is 0 Å². The molecule has 0 aliphatic carbocycles. The van der Waals surface area contributed by atoms with Crippen molar-refractivity contribution in [2.24, 2.45) is 0 Å². The summed E-state index contributed by atoms with van der Waals surface area (Å²) in [4.78, 5) is 20.8. The molecule has 1 aliphatic rings. The smallest absolute Gasteiger partial charge is 0.274 e. The summed E-state index contributed by atoms with van der Waals surface area (Å²) in [5.41, 5.74) is 0.624. The fraction of sp³-hybridized carbons (Fsp3) is 0.615. The number of rotatable bonds is 3. The van der Waals surface area contributed by atoms with Gasteiger partial charge in [-0.15, -0.1) is 0 Å². The number of aromatic nitrogens is 4. The van der Waals surface area contributed by atoms with Gasteiger partial charge in [-0.3, -0.25) is 9.89 Å². The average molecular weight is 261 g/mol. The molecule has 2 aromatic heterocycles. The molecule has 3 heterocycles. The van der Waals surface area contributed by atoms with Crippen molar-refractivity contribution in [2.75, 3.05) is 13.1 Å². The molecule has 3 rings (SSSR count). The summed E-state index contributed by atoms with van der Waals surface area (Å²) in [6.07, 6.45) is 3.21. The predicted octanol–water partition coefficient (Wildman–Crippen LogP) is 0.757. The Kier molecular flexibility index (Phi) is 2.89. The number of aromatic amines is 1. The molecule has 2 aromatic rings. The molecular formula is C13H19N5O. The van der Waals surface area contributed by atoms with Crippen LogP contribution in [-0.2, 0) is 5.41 Å². The molecule has 0 saturated carbocycles. The summed E-state index contributed by atoms with van der Waals surface area (Å²) in [7, 11) is 0. The number of H-pyrrole nitrogens is 1. The van der Waals surface area contributed by atoms with Crippen molar-refractivity contribution in [3.63, 3.8) is 0 Å². The molecule has 0 bridgehead atoms. The highest BCUT2D eigenvalue weighted by Crippen LogP contribution is 2.33. The third-order valence-electron chi connectivity index (χ3n) is 3.93. The Morgan fingerprint density at radius 3 is 3.00 bits per heavy atom. The first-order chi connectivity index (χ1) is 9.14. The lowest BCUT2D eigenvalue weighted by atomic mass is 9.82. The number of nitrogens with zero attached hydrogens (tertiary/aromatic N) is 3. The van der Waals surface area contributed by atoms with Crippen molar-refractivity contribution >= 4 is 5.78 Å². The zero-order chi connectivity index (χ0) is 13.5. The van der Waals surface area contributed by atoms with E-state index in [1.807, 2.05) is 6.92 Å². The summed E-state index contributed by atoms with van der Waals surface area (Å²) < 4.78 is 1.44. The molecule has 1 saturated heterocycles. The van der Waals surface area contributed by atoms with Crippen molar-refractivity contribution < 1.29 is 0 Å². The normalized spacial score (nSPS) is 23.3. The van der Waals surface area contributed by atoms with Gasteiger partial charge in [-0.2, -0.15) is 9.50 Å². The maximum Gasteiger partial charge on any atom is 0.274 e. The molecule has 0 radical (unpaired) electrons. The van der Waals surface area contributed by atoms with E-state index in [1.165, 1.54) is 10.6 Å². The average Bonchev–Trinajstić information content (AvgIpc) is 2.96. The van der Waals surface area contributed by atoms with E-state index in [9.17, 15) is 4.79 Å². The second-order valence-electron chi connectivity index (χ2n) is 5.40. The van der Waals surface area contributed by atoms with Crippen LogP contribution < -0.4 is 10.9 Å². The fourth-order valence-electron chi connectivity index (χ4n) is 2.99. The molecule has 0 aromatic carbocycles. The van der Waals surface area contributed by atoms with Crippen LogP contribution in [-0.4, -0.2) is 32.7 Å². The molecule has 19 heavy (non-hydrogen) atoms. The largest absolute Gasteiger partial charge is 0.316 e. The Morgan fingerprint density at radius 1 is 1.47 bits per heavy atom. The molecule has 1 unspecified atom stereocenters. The minimum Gasteiger partial charge on any atom is -0.316 e. The molecule has 2 N–H and O–H groups in total. The molecule has 1 atom stereocenters. The molecular weight excluding hydrogens is 242 g/mol. The standard InChI is InChI=1S/C13H19N5O/c1-3-4-13(5-6-14-8-13)11-16-12-15-9(2)7-10(19)18(12)17-11/h7,14H,3-6,8H2,1-2H3,(H,15,16,17). The van der Waals surface area contributed by atoms with Gasteiger partial charge < -0.3 is 5.32 Å². The van der Waals surface area contributed by atoms with Gasteiger partial charge in [0.15, 0.2) is 0 Å². The van der Waals surface area contributed by atoms with Gasteiger partial charge in [0, 0.05) is 23.7 Å². The number of aryl methyl sites for hydroxylation is 1. The first-order valence-corrected chi connectivity index (χ1v) is 6.82. The molecule has 0 amide bonds. The van der Waals surface area contributed by atoms with E-state index in [4.69, 9.17) is 0 Å². The minimum atomic E-state index is -0.0983. The lowest BCUT2D eigenvalue weighted by Crippen LogP contribution is -2.30. The van der Waals surface area contributed by atoms with Gasteiger partial charge in [-0.25, -0.2) is 4.98 Å². The van der Waals surface area contributed by atoms with Crippen LogP contribution in [0.2, 0.25) is 0 Å².